The van der Waals surface area contributed by atoms with Crippen molar-refractivity contribution in [3.05, 3.63) is 23.8 Å². The summed E-state index contributed by atoms with van der Waals surface area (Å²) in [7, 11) is 1.60. The lowest BCUT2D eigenvalue weighted by Gasteiger charge is -2.12. The predicted octanol–water partition coefficient (Wildman–Crippen LogP) is 1.90. The van der Waals surface area contributed by atoms with Crippen molar-refractivity contribution in [2.24, 2.45) is 16.8 Å². The highest BCUT2D eigenvalue weighted by Crippen LogP contribution is 2.27. The third-order valence-corrected chi connectivity index (χ3v) is 2.24. The number of thiocarbonyl (C=S) groups is 1. The summed E-state index contributed by atoms with van der Waals surface area (Å²) < 4.78 is 10.9. The van der Waals surface area contributed by atoms with Crippen LogP contribution in [0.4, 0.5) is 0 Å². The lowest BCUT2D eigenvalue weighted by atomic mass is 10.2. The molecule has 0 bridgehead atoms. The largest absolute Gasteiger partial charge is 0.493 e. The molecule has 1 aromatic rings. The van der Waals surface area contributed by atoms with Crippen molar-refractivity contribution in [1.29, 1.82) is 0 Å². The number of ether oxygens (including phenoxy) is 2. The molecule has 0 aromatic heterocycles. The molecule has 0 saturated heterocycles. The lowest BCUT2D eigenvalue weighted by molar-refractivity contribution is 0.257. The smallest absolute Gasteiger partial charge is 0.184 e. The van der Waals surface area contributed by atoms with Crippen LogP contribution in [0.15, 0.2) is 23.3 Å². The quantitative estimate of drug-likeness (QED) is 0.473. The van der Waals surface area contributed by atoms with Crippen LogP contribution in [0.3, 0.4) is 0 Å². The fraction of sp³-hybridized carbons (Fsp3) is 0.385. The van der Waals surface area contributed by atoms with Crippen molar-refractivity contribution in [1.82, 2.24) is 5.43 Å². The van der Waals surface area contributed by atoms with E-state index in [2.05, 4.69) is 36.6 Å². The van der Waals surface area contributed by atoms with E-state index in [1.165, 1.54) is 0 Å². The zero-order chi connectivity index (χ0) is 14.3. The molecule has 0 saturated carbocycles. The molecule has 1 rings (SSSR count). The maximum atomic E-state index is 5.66. The molecule has 0 heterocycles. The van der Waals surface area contributed by atoms with Crippen LogP contribution >= 0.6 is 12.2 Å². The SMILES string of the molecule is COc1cc(C=NNC(N)=S)ccc1OCC(C)C. The maximum Gasteiger partial charge on any atom is 0.184 e. The van der Waals surface area contributed by atoms with E-state index >= 15 is 0 Å². The monoisotopic (exact) mass is 281 g/mol. The number of hydrogen-bond donors (Lipinski definition) is 2. The van der Waals surface area contributed by atoms with Crippen LogP contribution in [0.5, 0.6) is 11.5 Å². The standard InChI is InChI=1S/C13H19N3O2S/c1-9(2)8-18-11-5-4-10(6-12(11)17-3)7-15-16-13(14)19/h4-7,9H,8H2,1-3H3,(H3,14,16,19). The topological polar surface area (TPSA) is 68.9 Å². The Morgan fingerprint density at radius 2 is 2.21 bits per heavy atom. The molecule has 0 aliphatic rings. The van der Waals surface area contributed by atoms with E-state index < -0.39 is 0 Å². The summed E-state index contributed by atoms with van der Waals surface area (Å²) in [5, 5.41) is 4.01. The second-order valence-electron chi connectivity index (χ2n) is 4.35. The van der Waals surface area contributed by atoms with Gasteiger partial charge in [-0.05, 0) is 41.9 Å². The van der Waals surface area contributed by atoms with Crippen molar-refractivity contribution in [2.75, 3.05) is 13.7 Å². The first-order valence-corrected chi connectivity index (χ1v) is 6.33. The van der Waals surface area contributed by atoms with E-state index in [9.17, 15) is 0 Å². The fourth-order valence-electron chi connectivity index (χ4n) is 1.31. The van der Waals surface area contributed by atoms with Crippen molar-refractivity contribution < 1.29 is 9.47 Å². The summed E-state index contributed by atoms with van der Waals surface area (Å²) in [6.45, 7) is 4.83. The molecule has 0 fully saturated rings. The minimum Gasteiger partial charge on any atom is -0.493 e. The molecule has 104 valence electrons. The van der Waals surface area contributed by atoms with Gasteiger partial charge in [-0.1, -0.05) is 13.8 Å². The van der Waals surface area contributed by atoms with E-state index in [0.29, 0.717) is 18.3 Å². The Hall–Kier alpha value is -1.82. The zero-order valence-electron chi connectivity index (χ0n) is 11.3. The Balaban J connectivity index is 2.77. The molecule has 0 amide bonds. The van der Waals surface area contributed by atoms with Gasteiger partial charge in [0.1, 0.15) is 0 Å². The van der Waals surface area contributed by atoms with E-state index in [1.54, 1.807) is 13.3 Å². The predicted molar refractivity (Wildman–Crippen MR) is 80.8 cm³/mol. The molecule has 6 heteroatoms. The third-order valence-electron chi connectivity index (χ3n) is 2.15. The molecule has 0 atom stereocenters. The summed E-state index contributed by atoms with van der Waals surface area (Å²) in [5.41, 5.74) is 8.62. The Morgan fingerprint density at radius 1 is 1.47 bits per heavy atom. The summed E-state index contributed by atoms with van der Waals surface area (Å²) >= 11 is 4.65. The normalized spacial score (nSPS) is 10.7. The van der Waals surface area contributed by atoms with Gasteiger partial charge >= 0.3 is 0 Å². The number of nitrogens with two attached hydrogens (primary N) is 1. The van der Waals surface area contributed by atoms with Crippen molar-refractivity contribution in [2.45, 2.75) is 13.8 Å². The Labute approximate surface area is 118 Å². The molecular formula is C13H19N3O2S. The van der Waals surface area contributed by atoms with Gasteiger partial charge in [0.15, 0.2) is 16.6 Å². The number of hydrogen-bond acceptors (Lipinski definition) is 4. The summed E-state index contributed by atoms with van der Waals surface area (Å²) in [6.07, 6.45) is 1.61. The molecule has 5 nitrogen and oxygen atoms in total. The molecule has 0 spiro atoms. The average Bonchev–Trinajstić information content (AvgIpc) is 2.36. The minimum atomic E-state index is 0.125. The minimum absolute atomic E-state index is 0.125. The molecule has 0 unspecified atom stereocenters. The van der Waals surface area contributed by atoms with Gasteiger partial charge in [-0.2, -0.15) is 5.10 Å². The molecular weight excluding hydrogens is 262 g/mol. The van der Waals surface area contributed by atoms with Crippen molar-refractivity contribution >= 4 is 23.5 Å². The van der Waals surface area contributed by atoms with Crippen LogP contribution < -0.4 is 20.6 Å². The maximum absolute atomic E-state index is 5.66. The van der Waals surface area contributed by atoms with Gasteiger partial charge < -0.3 is 15.2 Å². The van der Waals surface area contributed by atoms with Gasteiger partial charge in [0.2, 0.25) is 0 Å². The highest BCUT2D eigenvalue weighted by molar-refractivity contribution is 7.80. The van der Waals surface area contributed by atoms with Gasteiger partial charge in [-0.3, -0.25) is 5.43 Å². The summed E-state index contributed by atoms with van der Waals surface area (Å²) in [4.78, 5) is 0. The second kappa shape index (κ2) is 7.58. The fourth-order valence-corrected chi connectivity index (χ4v) is 1.36. The van der Waals surface area contributed by atoms with Crippen LogP contribution in [-0.4, -0.2) is 25.0 Å². The van der Waals surface area contributed by atoms with Gasteiger partial charge in [0.05, 0.1) is 19.9 Å². The number of hydrazone groups is 1. The van der Waals surface area contributed by atoms with Crippen molar-refractivity contribution in [3.63, 3.8) is 0 Å². The van der Waals surface area contributed by atoms with E-state index in [0.717, 1.165) is 11.3 Å². The number of rotatable bonds is 6. The van der Waals surface area contributed by atoms with E-state index in [1.807, 2.05) is 18.2 Å². The summed E-state index contributed by atoms with van der Waals surface area (Å²) in [6, 6.07) is 5.56. The molecule has 3 N–H and O–H groups in total. The first-order valence-electron chi connectivity index (χ1n) is 5.92. The molecule has 0 radical (unpaired) electrons. The third kappa shape index (κ3) is 5.56. The molecule has 0 aliphatic carbocycles. The first-order chi connectivity index (χ1) is 9.02. The van der Waals surface area contributed by atoms with E-state index in [4.69, 9.17) is 15.2 Å². The summed E-state index contributed by atoms with van der Waals surface area (Å²) in [5.74, 6) is 1.84. The van der Waals surface area contributed by atoms with Crippen LogP contribution in [0.1, 0.15) is 19.4 Å². The Bertz CT molecular complexity index is 461. The molecule has 19 heavy (non-hydrogen) atoms. The van der Waals surface area contributed by atoms with Crippen LogP contribution in [-0.2, 0) is 0 Å². The van der Waals surface area contributed by atoms with Gasteiger partial charge in [-0.25, -0.2) is 0 Å². The average molecular weight is 281 g/mol. The number of nitrogens with zero attached hydrogens (tertiary/aromatic N) is 1. The van der Waals surface area contributed by atoms with Gasteiger partial charge in [-0.15, -0.1) is 0 Å². The first kappa shape index (κ1) is 15.2. The highest BCUT2D eigenvalue weighted by Gasteiger charge is 2.06. The zero-order valence-corrected chi connectivity index (χ0v) is 12.2. The van der Waals surface area contributed by atoms with Crippen LogP contribution in [0.2, 0.25) is 0 Å². The van der Waals surface area contributed by atoms with Gasteiger partial charge in [0.25, 0.3) is 0 Å². The molecule has 1 aromatic carbocycles. The van der Waals surface area contributed by atoms with Crippen LogP contribution in [0.25, 0.3) is 0 Å². The Kier molecular flexibility index (Phi) is 6.08. The van der Waals surface area contributed by atoms with Crippen LogP contribution in [0, 0.1) is 5.92 Å². The second-order valence-corrected chi connectivity index (χ2v) is 4.79. The number of benzene rings is 1. The lowest BCUT2D eigenvalue weighted by Crippen LogP contribution is -2.23. The molecule has 0 aliphatic heterocycles. The van der Waals surface area contributed by atoms with Gasteiger partial charge in [0, 0.05) is 0 Å². The highest BCUT2D eigenvalue weighted by atomic mass is 32.1. The van der Waals surface area contributed by atoms with Crippen molar-refractivity contribution in [3.8, 4) is 11.5 Å². The Morgan fingerprint density at radius 3 is 2.79 bits per heavy atom. The van der Waals surface area contributed by atoms with E-state index in [-0.39, 0.29) is 5.11 Å². The number of methoxy groups -OCH3 is 1. The number of nitrogens with one attached hydrogen (secondary N) is 1.